The summed E-state index contributed by atoms with van der Waals surface area (Å²) in [6.45, 7) is 0.882. The number of esters is 1. The van der Waals surface area contributed by atoms with E-state index in [1.165, 1.54) is 6.92 Å². The van der Waals surface area contributed by atoms with Crippen molar-refractivity contribution in [2.24, 2.45) is 5.92 Å². The summed E-state index contributed by atoms with van der Waals surface area (Å²) < 4.78 is 4.41. The number of carbonyl (C=O) groups excluding carboxylic acids is 5. The number of nitrogens with one attached hydrogen (secondary N) is 2. The topological polar surface area (TPSA) is 145 Å². The van der Waals surface area contributed by atoms with E-state index < -0.39 is 48.3 Å². The van der Waals surface area contributed by atoms with Gasteiger partial charge in [0.05, 0.1) is 13.5 Å². The van der Waals surface area contributed by atoms with Crippen molar-refractivity contribution in [3.05, 3.63) is 0 Å². The van der Waals surface area contributed by atoms with E-state index in [-0.39, 0.29) is 13.0 Å². The molecule has 1 heterocycles. The van der Waals surface area contributed by atoms with Crippen molar-refractivity contribution in [2.45, 2.75) is 19.4 Å². The summed E-state index contributed by atoms with van der Waals surface area (Å²) in [5.41, 5.74) is 0. The van der Waals surface area contributed by atoms with Gasteiger partial charge in [0, 0.05) is 11.3 Å². The van der Waals surface area contributed by atoms with Gasteiger partial charge < -0.3 is 20.5 Å². The van der Waals surface area contributed by atoms with Crippen molar-refractivity contribution >= 4 is 29.8 Å². The first kappa shape index (κ1) is 17.4. The zero-order valence-corrected chi connectivity index (χ0v) is 12.2. The van der Waals surface area contributed by atoms with Crippen LogP contribution in [0.4, 0.5) is 4.79 Å². The third-order valence-electron chi connectivity index (χ3n) is 3.06. The van der Waals surface area contributed by atoms with Crippen LogP contribution < -0.4 is 10.6 Å². The average Bonchev–Trinajstić information content (AvgIpc) is 2.71. The Labute approximate surface area is 125 Å². The predicted octanol–water partition coefficient (Wildman–Crippen LogP) is -2.53. The molecule has 0 unspecified atom stereocenters. The van der Waals surface area contributed by atoms with Crippen molar-refractivity contribution in [1.29, 1.82) is 0 Å². The number of nitrogens with zero attached hydrogens (tertiary/aromatic N) is 1. The third-order valence-corrected chi connectivity index (χ3v) is 3.06. The molecule has 1 aliphatic heterocycles. The van der Waals surface area contributed by atoms with E-state index in [4.69, 9.17) is 5.11 Å². The molecule has 0 saturated carbocycles. The molecule has 0 aromatic carbocycles. The number of imide groups is 1. The monoisotopic (exact) mass is 316 g/mol. The Balaban J connectivity index is 2.53. The molecule has 122 valence electrons. The van der Waals surface area contributed by atoms with E-state index >= 15 is 0 Å². The highest BCUT2D eigenvalue weighted by Gasteiger charge is 2.40. The average molecular weight is 316 g/mol. The number of hydrogen-bond donors (Lipinski definition) is 2. The molecule has 1 fully saturated rings. The molecule has 4 amide bonds. The fraction of sp³-hybridized carbons (Fsp3) is 0.583. The Morgan fingerprint density at radius 1 is 1.41 bits per heavy atom. The van der Waals surface area contributed by atoms with Crippen molar-refractivity contribution in [2.75, 3.05) is 20.2 Å². The summed E-state index contributed by atoms with van der Waals surface area (Å²) >= 11 is 0. The molecule has 1 rings (SSSR count). The highest BCUT2D eigenvalue weighted by molar-refractivity contribution is 6.07. The summed E-state index contributed by atoms with van der Waals surface area (Å²) in [7, 11) is 1.16. The predicted molar refractivity (Wildman–Crippen MR) is 71.5 cm³/mol. The third kappa shape index (κ3) is 4.43. The number of carbonyl (C=O) groups is 5. The number of methoxy groups -OCH3 is 1. The Hall–Kier alpha value is -2.65. The summed E-state index contributed by atoms with van der Waals surface area (Å²) in [6.07, 6.45) is -0.316. The van der Waals surface area contributed by atoms with Crippen LogP contribution in [0.1, 0.15) is 13.3 Å². The first-order valence-corrected chi connectivity index (χ1v) is 6.47. The molecule has 10 heteroatoms. The van der Waals surface area contributed by atoms with Crippen molar-refractivity contribution in [1.82, 2.24) is 15.5 Å². The van der Waals surface area contributed by atoms with Gasteiger partial charge in [0.1, 0.15) is 18.5 Å². The van der Waals surface area contributed by atoms with Crippen molar-refractivity contribution in [3.63, 3.8) is 0 Å². The summed E-state index contributed by atoms with van der Waals surface area (Å²) in [4.78, 5) is 57.7. The van der Waals surface area contributed by atoms with E-state index in [1.807, 2.05) is 0 Å². The maximum atomic E-state index is 11.9. The minimum absolute atomic E-state index is 0.0591. The fourth-order valence-corrected chi connectivity index (χ4v) is 1.67. The maximum Gasteiger partial charge on any atom is 0.520 e. The molecule has 2 atom stereocenters. The van der Waals surface area contributed by atoms with Crippen LogP contribution >= 0.6 is 0 Å². The lowest BCUT2D eigenvalue weighted by molar-refractivity contribution is -0.143. The minimum Gasteiger partial charge on any atom is -0.564 e. The number of rotatable bonds is 7. The van der Waals surface area contributed by atoms with Crippen LogP contribution in [0, 0.1) is 5.92 Å². The van der Waals surface area contributed by atoms with Crippen LogP contribution in [0.2, 0.25) is 0 Å². The van der Waals surface area contributed by atoms with Gasteiger partial charge in [-0.15, -0.1) is 0 Å². The molecule has 0 aliphatic carbocycles. The molecule has 10 nitrogen and oxygen atoms in total. The number of urea groups is 1. The van der Waals surface area contributed by atoms with Crippen LogP contribution in [0.5, 0.6) is 0 Å². The Bertz CT molecular complexity index is 505. The van der Waals surface area contributed by atoms with E-state index in [0.717, 1.165) is 7.11 Å². The molecule has 0 aromatic rings. The smallest absolute Gasteiger partial charge is 0.520 e. The zero-order valence-electron chi connectivity index (χ0n) is 12.2. The van der Waals surface area contributed by atoms with Gasteiger partial charge >= 0.3 is 18.0 Å². The Morgan fingerprint density at radius 3 is 2.59 bits per heavy atom. The summed E-state index contributed by atoms with van der Waals surface area (Å²) in [6, 6.07) is -1.83. The molecule has 0 bridgehead atoms. The lowest BCUT2D eigenvalue weighted by atomic mass is 10.2. The van der Waals surface area contributed by atoms with E-state index in [0.29, 0.717) is 4.90 Å². The van der Waals surface area contributed by atoms with Gasteiger partial charge in [0.15, 0.2) is 0 Å². The van der Waals surface area contributed by atoms with Crippen LogP contribution in [0.3, 0.4) is 0 Å². The largest absolute Gasteiger partial charge is 0.564 e. The molecule has 1 saturated heterocycles. The highest BCUT2D eigenvalue weighted by atomic mass is 16.5. The highest BCUT2D eigenvalue weighted by Crippen LogP contribution is 2.09. The van der Waals surface area contributed by atoms with Crippen LogP contribution in [0.25, 0.3) is 0 Å². The minimum atomic E-state index is -1.05. The van der Waals surface area contributed by atoms with Gasteiger partial charge in [-0.2, -0.15) is 0 Å². The summed E-state index contributed by atoms with van der Waals surface area (Å²) in [5.74, 6) is -3.51. The van der Waals surface area contributed by atoms with E-state index in [9.17, 15) is 24.0 Å². The van der Waals surface area contributed by atoms with Crippen molar-refractivity contribution in [3.8, 4) is 0 Å². The van der Waals surface area contributed by atoms with Crippen LogP contribution in [-0.4, -0.2) is 66.0 Å². The van der Waals surface area contributed by atoms with Gasteiger partial charge in [-0.25, -0.2) is 4.79 Å². The molecule has 4 N–H and O–H groups in total. The maximum absolute atomic E-state index is 11.9. The van der Waals surface area contributed by atoms with Crippen LogP contribution in [0.15, 0.2) is 0 Å². The second-order valence-corrected chi connectivity index (χ2v) is 4.78. The molecule has 0 aromatic heterocycles. The lowest BCUT2D eigenvalue weighted by Crippen LogP contribution is -2.42. The SMILES string of the molecule is COC(=O)C[C@@H]1NC(=O)N(CC(=O)NC[C@H](C)C(=O)[OH2+])C1=O. The molecule has 0 spiro atoms. The van der Waals surface area contributed by atoms with Gasteiger partial charge in [-0.05, 0) is 6.92 Å². The standard InChI is InChI=1S/C12H17N3O7/c1-6(11(19)20)4-13-8(16)5-15-10(18)7(14-12(15)21)3-9(17)22-2/h6-7H,3-5H2,1-2H3,(H,13,16)(H,14,21)(H,19,20)/p+1/t6-,7-/m0/s1. The van der Waals surface area contributed by atoms with E-state index in [1.54, 1.807) is 0 Å². The van der Waals surface area contributed by atoms with Gasteiger partial charge in [-0.1, -0.05) is 0 Å². The molecule has 1 aliphatic rings. The number of ether oxygens (including phenoxy) is 1. The van der Waals surface area contributed by atoms with E-state index in [2.05, 4.69) is 15.4 Å². The number of amides is 4. The van der Waals surface area contributed by atoms with Gasteiger partial charge in [0.2, 0.25) is 5.91 Å². The lowest BCUT2D eigenvalue weighted by Gasteiger charge is -2.13. The second kappa shape index (κ2) is 7.38. The molecular weight excluding hydrogens is 298 g/mol. The Kier molecular flexibility index (Phi) is 5.84. The van der Waals surface area contributed by atoms with Gasteiger partial charge in [0.25, 0.3) is 5.91 Å². The Morgan fingerprint density at radius 2 is 2.05 bits per heavy atom. The number of hydrogen-bond acceptors (Lipinski definition) is 6. The zero-order chi connectivity index (χ0) is 16.9. The molecule has 22 heavy (non-hydrogen) atoms. The second-order valence-electron chi connectivity index (χ2n) is 4.78. The first-order chi connectivity index (χ1) is 10.3. The van der Waals surface area contributed by atoms with Crippen molar-refractivity contribution < 1.29 is 33.8 Å². The quantitative estimate of drug-likeness (QED) is 0.301. The fourth-order valence-electron chi connectivity index (χ4n) is 1.67. The first-order valence-electron chi connectivity index (χ1n) is 6.47. The van der Waals surface area contributed by atoms with Gasteiger partial charge in [-0.3, -0.25) is 19.3 Å². The summed E-state index contributed by atoms with van der Waals surface area (Å²) in [5, 5.41) is 11.5. The normalized spacial score (nSPS) is 18.6. The molecular formula is C12H18N3O7+. The molecule has 0 radical (unpaired) electrons. The van der Waals surface area contributed by atoms with Crippen LogP contribution in [-0.2, 0) is 23.9 Å².